The molecule has 0 aliphatic carbocycles. The van der Waals surface area contributed by atoms with Gasteiger partial charge in [0, 0.05) is 23.4 Å². The van der Waals surface area contributed by atoms with Crippen LogP contribution in [-0.2, 0) is 0 Å². The number of nitriles is 1. The summed E-state index contributed by atoms with van der Waals surface area (Å²) in [6.45, 7) is 3.13. The topological polar surface area (TPSA) is 96.7 Å². The van der Waals surface area contributed by atoms with E-state index in [1.807, 2.05) is 37.3 Å². The van der Waals surface area contributed by atoms with E-state index in [9.17, 15) is 4.79 Å². The van der Waals surface area contributed by atoms with Crippen LogP contribution in [-0.4, -0.2) is 28.5 Å². The molecular formula is C25H23N5O. The lowest BCUT2D eigenvalue weighted by Gasteiger charge is -2.10. The number of rotatable bonds is 6. The molecule has 1 heterocycles. The van der Waals surface area contributed by atoms with Crippen molar-refractivity contribution in [3.8, 4) is 23.1 Å². The Morgan fingerprint density at radius 2 is 1.84 bits per heavy atom. The van der Waals surface area contributed by atoms with Crippen LogP contribution in [0.2, 0.25) is 0 Å². The number of carbonyl (C=O) groups excluding carboxylic acids is 1. The van der Waals surface area contributed by atoms with Crippen LogP contribution in [0.3, 0.4) is 0 Å². The van der Waals surface area contributed by atoms with Crippen molar-refractivity contribution in [2.45, 2.75) is 13.3 Å². The average Bonchev–Trinajstić information content (AvgIpc) is 3.18. The van der Waals surface area contributed by atoms with Gasteiger partial charge in [-0.2, -0.15) is 5.26 Å². The van der Waals surface area contributed by atoms with Crippen LogP contribution in [0.5, 0.6) is 0 Å². The Kier molecular flexibility index (Phi) is 5.78. The van der Waals surface area contributed by atoms with Gasteiger partial charge in [0.15, 0.2) is 0 Å². The van der Waals surface area contributed by atoms with E-state index in [-0.39, 0.29) is 5.91 Å². The van der Waals surface area contributed by atoms with Crippen molar-refractivity contribution in [3.63, 3.8) is 0 Å². The normalized spacial score (nSPS) is 10.7. The Bertz CT molecular complexity index is 1260. The number of carbonyl (C=O) groups is 1. The lowest BCUT2D eigenvalue weighted by Crippen LogP contribution is -2.25. The van der Waals surface area contributed by atoms with E-state index in [1.54, 1.807) is 12.1 Å². The highest BCUT2D eigenvalue weighted by Crippen LogP contribution is 2.29. The van der Waals surface area contributed by atoms with E-state index < -0.39 is 0 Å². The number of aryl methyl sites for hydroxylation is 1. The van der Waals surface area contributed by atoms with E-state index in [0.29, 0.717) is 24.2 Å². The predicted octanol–water partition coefficient (Wildman–Crippen LogP) is 3.95. The van der Waals surface area contributed by atoms with Crippen LogP contribution in [0.25, 0.3) is 28.1 Å². The molecule has 0 aliphatic heterocycles. The molecule has 4 aromatic rings. The Morgan fingerprint density at radius 1 is 1.10 bits per heavy atom. The first-order valence-corrected chi connectivity index (χ1v) is 10.2. The summed E-state index contributed by atoms with van der Waals surface area (Å²) in [4.78, 5) is 17.3. The van der Waals surface area contributed by atoms with E-state index >= 15 is 0 Å². The maximum Gasteiger partial charge on any atom is 0.251 e. The maximum atomic E-state index is 12.5. The standard InChI is InChI=1S/C25H23N5O/c1-17-3-10-21(11-4-17)30-23-12-9-20(25(31)28-14-2-13-26)15-22(23)29-24(30)19-7-5-18(16-27)6-8-19/h3-12,15H,2,13-14,26H2,1H3,(H,28,31). The van der Waals surface area contributed by atoms with Crippen molar-refractivity contribution in [2.75, 3.05) is 13.1 Å². The third kappa shape index (κ3) is 4.18. The highest BCUT2D eigenvalue weighted by molar-refractivity contribution is 5.98. The zero-order valence-electron chi connectivity index (χ0n) is 17.3. The van der Waals surface area contributed by atoms with Gasteiger partial charge < -0.3 is 11.1 Å². The molecule has 1 aromatic heterocycles. The number of hydrogen-bond donors (Lipinski definition) is 2. The van der Waals surface area contributed by atoms with Crippen LogP contribution < -0.4 is 11.1 Å². The van der Waals surface area contributed by atoms with Gasteiger partial charge in [-0.15, -0.1) is 0 Å². The minimum absolute atomic E-state index is 0.139. The lowest BCUT2D eigenvalue weighted by molar-refractivity contribution is 0.0953. The summed E-state index contributed by atoms with van der Waals surface area (Å²) in [5.74, 6) is 0.615. The molecule has 154 valence electrons. The van der Waals surface area contributed by atoms with Crippen molar-refractivity contribution in [2.24, 2.45) is 5.73 Å². The minimum atomic E-state index is -0.139. The number of hydrogen-bond acceptors (Lipinski definition) is 4. The third-order valence-electron chi connectivity index (χ3n) is 5.15. The molecule has 6 nitrogen and oxygen atoms in total. The second-order valence-corrected chi connectivity index (χ2v) is 7.40. The summed E-state index contributed by atoms with van der Waals surface area (Å²) in [5, 5.41) is 12.0. The molecule has 0 aliphatic rings. The number of aromatic nitrogens is 2. The lowest BCUT2D eigenvalue weighted by atomic mass is 10.1. The largest absolute Gasteiger partial charge is 0.352 e. The Morgan fingerprint density at radius 3 is 2.52 bits per heavy atom. The van der Waals surface area contributed by atoms with Gasteiger partial charge >= 0.3 is 0 Å². The number of imidazole rings is 1. The quantitative estimate of drug-likeness (QED) is 0.471. The molecule has 6 heteroatoms. The molecule has 0 fully saturated rings. The fourth-order valence-electron chi connectivity index (χ4n) is 3.47. The molecule has 4 rings (SSSR count). The number of nitrogens with one attached hydrogen (secondary N) is 1. The molecular weight excluding hydrogens is 386 g/mol. The minimum Gasteiger partial charge on any atom is -0.352 e. The Balaban J connectivity index is 1.83. The van der Waals surface area contributed by atoms with Crippen molar-refractivity contribution in [1.29, 1.82) is 5.26 Å². The number of benzene rings is 3. The summed E-state index contributed by atoms with van der Waals surface area (Å²) in [6.07, 6.45) is 0.735. The highest BCUT2D eigenvalue weighted by atomic mass is 16.1. The molecule has 3 N–H and O–H groups in total. The molecule has 0 saturated heterocycles. The number of nitrogens with two attached hydrogens (primary N) is 1. The van der Waals surface area contributed by atoms with Gasteiger partial charge in [-0.05, 0) is 74.5 Å². The zero-order chi connectivity index (χ0) is 21.8. The fourth-order valence-corrected chi connectivity index (χ4v) is 3.47. The molecule has 0 radical (unpaired) electrons. The number of amides is 1. The van der Waals surface area contributed by atoms with E-state index in [4.69, 9.17) is 16.0 Å². The number of fused-ring (bicyclic) bond motifs is 1. The molecule has 0 atom stereocenters. The van der Waals surface area contributed by atoms with Crippen molar-refractivity contribution in [1.82, 2.24) is 14.9 Å². The Hall–Kier alpha value is -3.95. The molecule has 0 saturated carbocycles. The van der Waals surface area contributed by atoms with E-state index in [0.717, 1.165) is 34.5 Å². The van der Waals surface area contributed by atoms with Gasteiger partial charge in [-0.3, -0.25) is 9.36 Å². The average molecular weight is 409 g/mol. The number of nitrogens with zero attached hydrogens (tertiary/aromatic N) is 3. The van der Waals surface area contributed by atoms with E-state index in [1.165, 1.54) is 5.56 Å². The monoisotopic (exact) mass is 409 g/mol. The molecule has 0 unspecified atom stereocenters. The molecule has 0 bridgehead atoms. The van der Waals surface area contributed by atoms with Crippen LogP contribution in [0.4, 0.5) is 0 Å². The smallest absolute Gasteiger partial charge is 0.251 e. The summed E-state index contributed by atoms with van der Waals surface area (Å²) in [7, 11) is 0. The third-order valence-corrected chi connectivity index (χ3v) is 5.15. The van der Waals surface area contributed by atoms with Gasteiger partial charge in [0.25, 0.3) is 5.91 Å². The first-order chi connectivity index (χ1) is 15.1. The van der Waals surface area contributed by atoms with Crippen LogP contribution >= 0.6 is 0 Å². The fraction of sp³-hybridized carbons (Fsp3) is 0.160. The molecule has 1 amide bonds. The summed E-state index contributed by atoms with van der Waals surface area (Å²) < 4.78 is 2.08. The first-order valence-electron chi connectivity index (χ1n) is 10.2. The van der Waals surface area contributed by atoms with Gasteiger partial charge in [-0.1, -0.05) is 17.7 Å². The van der Waals surface area contributed by atoms with Gasteiger partial charge in [0.1, 0.15) is 5.82 Å². The van der Waals surface area contributed by atoms with Crippen molar-refractivity contribution in [3.05, 3.63) is 83.4 Å². The van der Waals surface area contributed by atoms with Crippen LogP contribution in [0.15, 0.2) is 66.7 Å². The summed E-state index contributed by atoms with van der Waals surface area (Å²) in [5.41, 5.74) is 11.3. The van der Waals surface area contributed by atoms with Crippen LogP contribution in [0.1, 0.15) is 27.9 Å². The van der Waals surface area contributed by atoms with E-state index in [2.05, 4.69) is 40.2 Å². The Labute approximate surface area is 180 Å². The zero-order valence-corrected chi connectivity index (χ0v) is 17.3. The molecule has 0 spiro atoms. The predicted molar refractivity (Wildman–Crippen MR) is 122 cm³/mol. The highest BCUT2D eigenvalue weighted by Gasteiger charge is 2.16. The summed E-state index contributed by atoms with van der Waals surface area (Å²) in [6, 6.07) is 23.3. The second kappa shape index (κ2) is 8.82. The second-order valence-electron chi connectivity index (χ2n) is 7.40. The SMILES string of the molecule is Cc1ccc(-n2c(-c3ccc(C#N)cc3)nc3cc(C(=O)NCCCN)ccc32)cc1. The van der Waals surface area contributed by atoms with Gasteiger partial charge in [0.05, 0.1) is 22.7 Å². The van der Waals surface area contributed by atoms with Gasteiger partial charge in [0.2, 0.25) is 0 Å². The maximum absolute atomic E-state index is 12.5. The van der Waals surface area contributed by atoms with Crippen molar-refractivity contribution >= 4 is 16.9 Å². The molecule has 3 aromatic carbocycles. The summed E-state index contributed by atoms with van der Waals surface area (Å²) >= 11 is 0. The first kappa shape index (κ1) is 20.3. The molecule has 31 heavy (non-hydrogen) atoms. The van der Waals surface area contributed by atoms with Crippen LogP contribution in [0, 0.1) is 18.3 Å². The van der Waals surface area contributed by atoms with Gasteiger partial charge in [-0.25, -0.2) is 4.98 Å². The van der Waals surface area contributed by atoms with Crippen molar-refractivity contribution < 1.29 is 4.79 Å².